The maximum absolute atomic E-state index is 5.30. The number of hydrogen-bond acceptors (Lipinski definition) is 3. The van der Waals surface area contributed by atoms with Gasteiger partial charge in [0.25, 0.3) is 0 Å². The Kier molecular flexibility index (Phi) is 8.44. The van der Waals surface area contributed by atoms with Crippen molar-refractivity contribution in [3.8, 4) is 89.8 Å². The van der Waals surface area contributed by atoms with Crippen molar-refractivity contribution in [1.29, 1.82) is 0 Å². The van der Waals surface area contributed by atoms with Gasteiger partial charge in [-0.25, -0.2) is 15.0 Å². The van der Waals surface area contributed by atoms with E-state index in [-0.39, 0.29) is 0 Å². The zero-order chi connectivity index (χ0) is 42.9. The van der Waals surface area contributed by atoms with E-state index in [1.807, 2.05) is 24.3 Å². The quantitative estimate of drug-likeness (QED) is 0.168. The molecule has 1 spiro atoms. The van der Waals surface area contributed by atoms with Crippen LogP contribution in [0, 0.1) is 0 Å². The highest BCUT2D eigenvalue weighted by atomic mass is 15.0. The molecule has 0 amide bonds. The van der Waals surface area contributed by atoms with Gasteiger partial charge in [-0.1, -0.05) is 212 Å². The van der Waals surface area contributed by atoms with Crippen LogP contribution in [0.1, 0.15) is 22.3 Å². The number of benzene rings is 10. The number of nitrogens with zero attached hydrogens (tertiary/aromatic N) is 3. The molecule has 0 aliphatic heterocycles. The largest absolute Gasteiger partial charge is 0.208 e. The smallest absolute Gasteiger partial charge is 0.164 e. The normalized spacial score (nSPS) is 12.7. The van der Waals surface area contributed by atoms with Gasteiger partial charge in [0.2, 0.25) is 0 Å². The average Bonchev–Trinajstić information content (AvgIpc) is 3.86. The van der Waals surface area contributed by atoms with Crippen molar-refractivity contribution in [2.45, 2.75) is 5.41 Å². The van der Waals surface area contributed by atoms with Crippen molar-refractivity contribution >= 4 is 10.8 Å². The molecule has 3 nitrogen and oxygen atoms in total. The van der Waals surface area contributed by atoms with Gasteiger partial charge < -0.3 is 0 Å². The SMILES string of the molecule is c1ccc(-c2ccc(-c3nc(-c4ccccc4)nc(-c4cc(-c5ccc6c(c5)C5(c7ccccc7-c7ccccc75)c5ccccc5-6)cc(-c5cccc6ccccc56)c4)n3)cc2)cc1. The van der Waals surface area contributed by atoms with E-state index >= 15 is 0 Å². The van der Waals surface area contributed by atoms with E-state index in [4.69, 9.17) is 15.0 Å². The van der Waals surface area contributed by atoms with Gasteiger partial charge >= 0.3 is 0 Å². The number of rotatable bonds is 6. The predicted molar refractivity (Wildman–Crippen MR) is 266 cm³/mol. The average molecular weight is 826 g/mol. The molecule has 65 heavy (non-hydrogen) atoms. The van der Waals surface area contributed by atoms with Crippen molar-refractivity contribution in [3.05, 3.63) is 259 Å². The summed E-state index contributed by atoms with van der Waals surface area (Å²) in [6.07, 6.45) is 0. The van der Waals surface area contributed by atoms with Crippen molar-refractivity contribution in [3.63, 3.8) is 0 Å². The summed E-state index contributed by atoms with van der Waals surface area (Å²) in [5, 5.41) is 2.39. The summed E-state index contributed by atoms with van der Waals surface area (Å²) in [7, 11) is 0. The molecular weight excluding hydrogens is 787 g/mol. The maximum atomic E-state index is 5.30. The zero-order valence-electron chi connectivity index (χ0n) is 35.4. The third kappa shape index (κ3) is 5.86. The van der Waals surface area contributed by atoms with Crippen LogP contribution in [-0.2, 0) is 5.41 Å². The first-order valence-electron chi connectivity index (χ1n) is 22.3. The van der Waals surface area contributed by atoms with Crippen molar-refractivity contribution in [2.24, 2.45) is 0 Å². The van der Waals surface area contributed by atoms with Gasteiger partial charge in [0.05, 0.1) is 5.41 Å². The molecule has 0 atom stereocenters. The lowest BCUT2D eigenvalue weighted by atomic mass is 9.70. The van der Waals surface area contributed by atoms with Gasteiger partial charge in [0.1, 0.15) is 0 Å². The van der Waals surface area contributed by atoms with Crippen LogP contribution < -0.4 is 0 Å². The number of aromatic nitrogens is 3. The molecule has 2 aliphatic carbocycles. The van der Waals surface area contributed by atoms with Crippen LogP contribution in [0.3, 0.4) is 0 Å². The minimum absolute atomic E-state index is 0.449. The van der Waals surface area contributed by atoms with Crippen LogP contribution in [0.15, 0.2) is 237 Å². The Morgan fingerprint density at radius 2 is 0.646 bits per heavy atom. The van der Waals surface area contributed by atoms with Crippen LogP contribution in [0.25, 0.3) is 101 Å². The minimum Gasteiger partial charge on any atom is -0.208 e. The maximum Gasteiger partial charge on any atom is 0.164 e. The Hall–Kier alpha value is -8.53. The van der Waals surface area contributed by atoms with E-state index < -0.39 is 5.41 Å². The molecule has 2 aliphatic rings. The highest BCUT2D eigenvalue weighted by Gasteiger charge is 2.51. The third-order valence-corrected chi connectivity index (χ3v) is 13.5. The first-order chi connectivity index (χ1) is 32.2. The Morgan fingerprint density at radius 1 is 0.231 bits per heavy atom. The molecule has 10 aromatic carbocycles. The highest BCUT2D eigenvalue weighted by molar-refractivity contribution is 5.99. The molecule has 0 saturated carbocycles. The van der Waals surface area contributed by atoms with Crippen LogP contribution in [0.5, 0.6) is 0 Å². The van der Waals surface area contributed by atoms with E-state index in [1.165, 1.54) is 60.8 Å². The minimum atomic E-state index is -0.449. The Bertz CT molecular complexity index is 3580. The summed E-state index contributed by atoms with van der Waals surface area (Å²) in [4.78, 5) is 15.7. The molecule has 0 bridgehead atoms. The summed E-state index contributed by atoms with van der Waals surface area (Å²) >= 11 is 0. The lowest BCUT2D eigenvalue weighted by molar-refractivity contribution is 0.794. The van der Waals surface area contributed by atoms with Gasteiger partial charge in [-0.3, -0.25) is 0 Å². The van der Waals surface area contributed by atoms with E-state index in [0.29, 0.717) is 17.5 Å². The number of hydrogen-bond donors (Lipinski definition) is 0. The fraction of sp³-hybridized carbons (Fsp3) is 0.0161. The molecule has 1 aromatic heterocycles. The van der Waals surface area contributed by atoms with Gasteiger partial charge in [-0.15, -0.1) is 0 Å². The number of fused-ring (bicyclic) bond motifs is 11. The van der Waals surface area contributed by atoms with Crippen LogP contribution in [0.4, 0.5) is 0 Å². The van der Waals surface area contributed by atoms with Gasteiger partial charge in [0.15, 0.2) is 17.5 Å². The van der Waals surface area contributed by atoms with E-state index in [0.717, 1.165) is 44.5 Å². The second kappa shape index (κ2) is 14.8. The Morgan fingerprint density at radius 3 is 1.29 bits per heavy atom. The van der Waals surface area contributed by atoms with Crippen molar-refractivity contribution in [2.75, 3.05) is 0 Å². The molecule has 0 N–H and O–H groups in total. The first kappa shape index (κ1) is 37.1. The van der Waals surface area contributed by atoms with Crippen LogP contribution in [0.2, 0.25) is 0 Å². The standard InChI is InChI=1S/C62H39N3/c1-3-16-40(17-4-1)41-30-32-44(33-31-41)60-63-59(43-19-5-2-6-20-43)64-61(65-60)48-37-46(36-47(38-48)50-26-15-21-42-18-7-8-22-49(42)50)45-34-35-54-53-25-11-14-29-57(53)62(58(54)39-45)55-27-12-9-23-51(55)52-24-10-13-28-56(52)62/h1-39H. The first-order valence-corrected chi connectivity index (χ1v) is 22.3. The molecule has 0 unspecified atom stereocenters. The molecule has 302 valence electrons. The summed E-state index contributed by atoms with van der Waals surface area (Å²) in [6.45, 7) is 0. The van der Waals surface area contributed by atoms with Crippen molar-refractivity contribution in [1.82, 2.24) is 15.0 Å². The molecule has 0 saturated heterocycles. The topological polar surface area (TPSA) is 38.7 Å². The molecule has 3 heteroatoms. The lowest BCUT2D eigenvalue weighted by Gasteiger charge is -2.30. The summed E-state index contributed by atoms with van der Waals surface area (Å²) in [5.74, 6) is 1.88. The second-order valence-corrected chi connectivity index (χ2v) is 17.1. The molecule has 11 aromatic rings. The van der Waals surface area contributed by atoms with Gasteiger partial charge in [0, 0.05) is 16.7 Å². The fourth-order valence-electron chi connectivity index (χ4n) is 10.6. The Labute approximate surface area is 378 Å². The van der Waals surface area contributed by atoms with E-state index in [9.17, 15) is 0 Å². The second-order valence-electron chi connectivity index (χ2n) is 17.1. The summed E-state index contributed by atoms with van der Waals surface area (Å²) < 4.78 is 0. The van der Waals surface area contributed by atoms with Gasteiger partial charge in [-0.2, -0.15) is 0 Å². The molecule has 13 rings (SSSR count). The van der Waals surface area contributed by atoms with E-state index in [1.54, 1.807) is 0 Å². The molecule has 0 fully saturated rings. The van der Waals surface area contributed by atoms with Crippen LogP contribution in [-0.4, -0.2) is 15.0 Å². The zero-order valence-corrected chi connectivity index (χ0v) is 35.4. The molecular formula is C62H39N3. The summed E-state index contributed by atoms with van der Waals surface area (Å²) in [5.41, 5.74) is 19.6. The Balaban J connectivity index is 1.04. The highest BCUT2D eigenvalue weighted by Crippen LogP contribution is 2.63. The summed E-state index contributed by atoms with van der Waals surface area (Å²) in [6, 6.07) is 85.4. The predicted octanol–water partition coefficient (Wildman–Crippen LogP) is 15.4. The monoisotopic (exact) mass is 825 g/mol. The lowest BCUT2D eigenvalue weighted by Crippen LogP contribution is -2.25. The molecule has 0 radical (unpaired) electrons. The van der Waals surface area contributed by atoms with Crippen molar-refractivity contribution < 1.29 is 0 Å². The molecule has 1 heterocycles. The van der Waals surface area contributed by atoms with Gasteiger partial charge in [-0.05, 0) is 113 Å². The third-order valence-electron chi connectivity index (χ3n) is 13.5. The van der Waals surface area contributed by atoms with E-state index in [2.05, 4.69) is 212 Å². The fourth-order valence-corrected chi connectivity index (χ4v) is 10.6. The van der Waals surface area contributed by atoms with Crippen LogP contribution >= 0.6 is 0 Å².